The summed E-state index contributed by atoms with van der Waals surface area (Å²) in [5.41, 5.74) is 8.39. The van der Waals surface area contributed by atoms with Crippen molar-refractivity contribution in [2.45, 2.75) is 32.1 Å². The Labute approximate surface area is 241 Å². The van der Waals surface area contributed by atoms with Crippen molar-refractivity contribution >= 4 is 39.1 Å². The smallest absolute Gasteiger partial charge is 0.246 e. The summed E-state index contributed by atoms with van der Waals surface area (Å²) in [5.74, 6) is -0.528. The quantitative estimate of drug-likeness (QED) is 0.286. The van der Waals surface area contributed by atoms with Gasteiger partial charge in [0.25, 0.3) is 0 Å². The Balaban J connectivity index is 1.80. The number of allylic oxidation sites excluding steroid dienone is 1. The molecule has 0 radical (unpaired) electrons. The van der Waals surface area contributed by atoms with Crippen molar-refractivity contribution in [3.8, 4) is 16.9 Å². The number of para-hydroxylation sites is 1. The van der Waals surface area contributed by atoms with Gasteiger partial charge in [0.2, 0.25) is 5.91 Å². The van der Waals surface area contributed by atoms with Crippen LogP contribution in [0.3, 0.4) is 0 Å². The molecule has 1 atom stereocenters. The van der Waals surface area contributed by atoms with Gasteiger partial charge in [-0.2, -0.15) is 5.10 Å². The first-order valence-electron chi connectivity index (χ1n) is 13.1. The first-order chi connectivity index (χ1) is 19.1. The van der Waals surface area contributed by atoms with E-state index in [1.165, 1.54) is 0 Å². The minimum atomic E-state index is -1.71. The zero-order chi connectivity index (χ0) is 28.4. The molecule has 1 unspecified atom stereocenters. The number of amides is 1. The molecule has 0 spiro atoms. The van der Waals surface area contributed by atoms with Crippen LogP contribution < -0.4 is 10.6 Å². The topological polar surface area (TPSA) is 101 Å². The van der Waals surface area contributed by atoms with Gasteiger partial charge in [0.05, 0.1) is 17.0 Å². The summed E-state index contributed by atoms with van der Waals surface area (Å²) in [6.07, 6.45) is 0.436. The summed E-state index contributed by atoms with van der Waals surface area (Å²) in [6, 6.07) is 24.5. The van der Waals surface area contributed by atoms with Crippen molar-refractivity contribution in [3.05, 3.63) is 106 Å². The van der Waals surface area contributed by atoms with Gasteiger partial charge < -0.3 is 15.7 Å². The number of aliphatic hydroxyl groups excluding tert-OH is 1. The predicted octanol–water partition coefficient (Wildman–Crippen LogP) is 6.35. The van der Waals surface area contributed by atoms with Gasteiger partial charge in [0.15, 0.2) is 5.78 Å². The number of anilines is 2. The van der Waals surface area contributed by atoms with E-state index in [-0.39, 0.29) is 41.7 Å². The van der Waals surface area contributed by atoms with Gasteiger partial charge in [-0.25, -0.2) is 4.68 Å². The van der Waals surface area contributed by atoms with Crippen LogP contribution in [0.5, 0.6) is 0 Å². The van der Waals surface area contributed by atoms with Crippen molar-refractivity contribution in [1.82, 2.24) is 9.78 Å². The maximum absolute atomic E-state index is 14.7. The van der Waals surface area contributed by atoms with Crippen molar-refractivity contribution in [2.75, 3.05) is 17.7 Å². The molecule has 7 nitrogen and oxygen atoms in total. The van der Waals surface area contributed by atoms with Crippen LogP contribution in [-0.4, -0.2) is 33.6 Å². The second kappa shape index (κ2) is 9.20. The average molecular weight is 598 g/mol. The van der Waals surface area contributed by atoms with Crippen LogP contribution in [0.4, 0.5) is 11.5 Å². The van der Waals surface area contributed by atoms with Gasteiger partial charge >= 0.3 is 0 Å². The normalized spacial score (nSPS) is 20.2. The Morgan fingerprint density at radius 1 is 0.950 bits per heavy atom. The highest BCUT2D eigenvalue weighted by molar-refractivity contribution is 9.10. The molecule has 1 aliphatic heterocycles. The third-order valence-electron chi connectivity index (χ3n) is 7.92. The Bertz CT molecular complexity index is 1710. The lowest BCUT2D eigenvalue weighted by molar-refractivity contribution is -0.125. The SMILES string of the molecule is CN1C(=O)C(C2=C(O)CC(C)(C)CC2=O)(c2c(-c3ccccc3)nn(-c3ccccc3)c2N)c2cc(Br)ccc21. The fraction of sp³-hybridized carbons (Fsp3) is 0.219. The van der Waals surface area contributed by atoms with Crippen LogP contribution in [0.25, 0.3) is 16.9 Å². The number of aliphatic hydroxyl groups is 1. The molecular weight excluding hydrogens is 568 g/mol. The maximum Gasteiger partial charge on any atom is 0.246 e. The molecule has 3 N–H and O–H groups in total. The minimum absolute atomic E-state index is 0.0667. The van der Waals surface area contributed by atoms with Crippen molar-refractivity contribution in [1.29, 1.82) is 0 Å². The Hall–Kier alpha value is -4.17. The number of aromatic nitrogens is 2. The third kappa shape index (κ3) is 3.73. The number of ketones is 1. The molecule has 4 aromatic rings. The van der Waals surface area contributed by atoms with E-state index < -0.39 is 10.8 Å². The van der Waals surface area contributed by atoms with E-state index in [1.54, 1.807) is 16.6 Å². The van der Waals surface area contributed by atoms with E-state index >= 15 is 0 Å². The van der Waals surface area contributed by atoms with Crippen LogP contribution in [0, 0.1) is 5.41 Å². The molecule has 0 fully saturated rings. The van der Waals surface area contributed by atoms with Gasteiger partial charge in [-0.15, -0.1) is 0 Å². The molecule has 40 heavy (non-hydrogen) atoms. The first-order valence-corrected chi connectivity index (χ1v) is 13.9. The van der Waals surface area contributed by atoms with Gasteiger partial charge in [-0.1, -0.05) is 78.3 Å². The Kier molecular flexibility index (Phi) is 6.00. The molecule has 3 aromatic carbocycles. The van der Waals surface area contributed by atoms with Gasteiger partial charge in [-0.05, 0) is 35.7 Å². The second-order valence-electron chi connectivity index (χ2n) is 11.3. The molecule has 1 amide bonds. The molecule has 202 valence electrons. The van der Waals surface area contributed by atoms with Crippen LogP contribution in [0.15, 0.2) is 94.7 Å². The number of rotatable bonds is 4. The molecule has 1 aliphatic carbocycles. The van der Waals surface area contributed by atoms with Crippen LogP contribution in [0.2, 0.25) is 0 Å². The van der Waals surface area contributed by atoms with E-state index in [2.05, 4.69) is 15.9 Å². The molecule has 2 heterocycles. The number of Topliss-reactive ketones (excluding diaryl/α,β-unsaturated/α-hetero) is 1. The summed E-state index contributed by atoms with van der Waals surface area (Å²) in [7, 11) is 1.69. The molecule has 0 saturated carbocycles. The highest BCUT2D eigenvalue weighted by Crippen LogP contribution is 2.57. The molecule has 0 saturated heterocycles. The number of benzene rings is 3. The fourth-order valence-corrected chi connectivity index (χ4v) is 6.63. The lowest BCUT2D eigenvalue weighted by Crippen LogP contribution is -2.46. The number of halogens is 1. The first kappa shape index (κ1) is 26.1. The highest BCUT2D eigenvalue weighted by Gasteiger charge is 2.60. The Morgan fingerprint density at radius 2 is 1.60 bits per heavy atom. The van der Waals surface area contributed by atoms with Gasteiger partial charge in [0, 0.05) is 46.7 Å². The third-order valence-corrected chi connectivity index (χ3v) is 8.41. The highest BCUT2D eigenvalue weighted by atomic mass is 79.9. The van der Waals surface area contributed by atoms with Gasteiger partial charge in [0.1, 0.15) is 17.0 Å². The summed E-state index contributed by atoms with van der Waals surface area (Å²) in [5, 5.41) is 16.6. The number of nitrogen functional groups attached to an aromatic ring is 1. The summed E-state index contributed by atoms with van der Waals surface area (Å²) < 4.78 is 2.34. The number of carbonyl (C=O) groups is 2. The Morgan fingerprint density at radius 3 is 2.25 bits per heavy atom. The van der Waals surface area contributed by atoms with Crippen molar-refractivity contribution < 1.29 is 14.7 Å². The number of fused-ring (bicyclic) bond motifs is 1. The lowest BCUT2D eigenvalue weighted by Gasteiger charge is -2.37. The number of likely N-dealkylation sites (N-methyl/N-ethyl adjacent to an activating group) is 1. The van der Waals surface area contributed by atoms with E-state index in [9.17, 15) is 14.7 Å². The molecule has 1 aromatic heterocycles. The number of hydrogen-bond donors (Lipinski definition) is 2. The number of nitrogens with zero attached hydrogens (tertiary/aromatic N) is 3. The molecule has 6 rings (SSSR count). The van der Waals surface area contributed by atoms with Crippen molar-refractivity contribution in [2.24, 2.45) is 5.41 Å². The number of nitrogens with two attached hydrogens (primary N) is 1. The summed E-state index contributed by atoms with van der Waals surface area (Å²) >= 11 is 3.58. The van der Waals surface area contributed by atoms with Crippen LogP contribution in [0.1, 0.15) is 37.8 Å². The van der Waals surface area contributed by atoms with Crippen LogP contribution >= 0.6 is 15.9 Å². The largest absolute Gasteiger partial charge is 0.512 e. The standard InChI is InChI=1S/C32H29BrN4O3/c1-31(2)17-24(38)26(25(39)18-31)32(22-16-20(33)14-15-23(22)36(3)30(32)40)27-28(19-10-6-4-7-11-19)35-37(29(27)34)21-12-8-5-9-13-21/h4-16,38H,17-18,34H2,1-3H3. The number of carbonyl (C=O) groups excluding carboxylic acids is 2. The lowest BCUT2D eigenvalue weighted by atomic mass is 9.62. The summed E-state index contributed by atoms with van der Waals surface area (Å²) in [6.45, 7) is 3.88. The zero-order valence-electron chi connectivity index (χ0n) is 22.5. The molecule has 8 heteroatoms. The molecule has 0 bridgehead atoms. The van der Waals surface area contributed by atoms with E-state index in [1.807, 2.05) is 92.7 Å². The number of hydrogen-bond acceptors (Lipinski definition) is 5. The molecular formula is C32H29BrN4O3. The maximum atomic E-state index is 14.7. The zero-order valence-corrected chi connectivity index (χ0v) is 24.1. The average Bonchev–Trinajstić information content (AvgIpc) is 3.36. The summed E-state index contributed by atoms with van der Waals surface area (Å²) in [4.78, 5) is 30.4. The van der Waals surface area contributed by atoms with Gasteiger partial charge in [-0.3, -0.25) is 9.59 Å². The van der Waals surface area contributed by atoms with Crippen molar-refractivity contribution in [3.63, 3.8) is 0 Å². The molecule has 2 aliphatic rings. The monoisotopic (exact) mass is 596 g/mol. The van der Waals surface area contributed by atoms with E-state index in [0.29, 0.717) is 28.2 Å². The second-order valence-corrected chi connectivity index (χ2v) is 12.2. The fourth-order valence-electron chi connectivity index (χ4n) is 6.26. The minimum Gasteiger partial charge on any atom is -0.512 e. The van der Waals surface area contributed by atoms with E-state index in [4.69, 9.17) is 10.8 Å². The predicted molar refractivity (Wildman–Crippen MR) is 159 cm³/mol. The van der Waals surface area contributed by atoms with E-state index in [0.717, 1.165) is 10.0 Å². The van der Waals surface area contributed by atoms with Crippen LogP contribution in [-0.2, 0) is 15.0 Å².